The molecule has 1 aromatic heterocycles. The van der Waals surface area contributed by atoms with E-state index in [1.807, 2.05) is 6.07 Å². The van der Waals surface area contributed by atoms with Gasteiger partial charge in [0.1, 0.15) is 0 Å². The lowest BCUT2D eigenvalue weighted by molar-refractivity contribution is -0.136. The van der Waals surface area contributed by atoms with Crippen molar-refractivity contribution in [1.29, 1.82) is 0 Å². The van der Waals surface area contributed by atoms with Crippen LogP contribution in [0.2, 0.25) is 0 Å². The van der Waals surface area contributed by atoms with Crippen molar-refractivity contribution in [3.05, 3.63) is 33.2 Å². The van der Waals surface area contributed by atoms with Crippen LogP contribution in [0.3, 0.4) is 0 Å². The molecule has 4 nitrogen and oxygen atoms in total. The average Bonchev–Trinajstić information content (AvgIpc) is 2.32. The molecule has 0 fully saturated rings. The van der Waals surface area contributed by atoms with Crippen LogP contribution in [0.5, 0.6) is 0 Å². The van der Waals surface area contributed by atoms with Gasteiger partial charge >= 0.3 is 5.97 Å². The molecule has 0 atom stereocenters. The standard InChI is InChI=1S/C13H17NO3/c1-14-11-5-3-2-4-9(11)8-10(13(14)17)6-7-12(15)16/h8H,2-7H2,1H3,(H,15,16). The summed E-state index contributed by atoms with van der Waals surface area (Å²) in [5.74, 6) is -0.857. The second-order valence-electron chi connectivity index (χ2n) is 4.61. The molecule has 0 amide bonds. The van der Waals surface area contributed by atoms with Gasteiger partial charge in [0.05, 0.1) is 0 Å². The van der Waals surface area contributed by atoms with Crippen LogP contribution >= 0.6 is 0 Å². The van der Waals surface area contributed by atoms with Crippen LogP contribution < -0.4 is 5.56 Å². The van der Waals surface area contributed by atoms with Crippen molar-refractivity contribution in [3.8, 4) is 0 Å². The molecule has 1 aliphatic rings. The Morgan fingerprint density at radius 3 is 2.82 bits per heavy atom. The van der Waals surface area contributed by atoms with Gasteiger partial charge in [0.15, 0.2) is 0 Å². The van der Waals surface area contributed by atoms with E-state index in [0.29, 0.717) is 12.0 Å². The van der Waals surface area contributed by atoms with Gasteiger partial charge in [-0.05, 0) is 43.7 Å². The Morgan fingerprint density at radius 1 is 1.41 bits per heavy atom. The summed E-state index contributed by atoms with van der Waals surface area (Å²) in [7, 11) is 1.79. The highest BCUT2D eigenvalue weighted by Gasteiger charge is 2.15. The molecule has 0 radical (unpaired) electrons. The van der Waals surface area contributed by atoms with Gasteiger partial charge in [-0.3, -0.25) is 9.59 Å². The second-order valence-corrected chi connectivity index (χ2v) is 4.61. The van der Waals surface area contributed by atoms with Gasteiger partial charge in [-0.1, -0.05) is 0 Å². The summed E-state index contributed by atoms with van der Waals surface area (Å²) in [6, 6.07) is 1.92. The number of carboxylic acids is 1. The summed E-state index contributed by atoms with van der Waals surface area (Å²) >= 11 is 0. The first-order valence-corrected chi connectivity index (χ1v) is 6.02. The zero-order chi connectivity index (χ0) is 12.4. The molecule has 0 saturated heterocycles. The zero-order valence-electron chi connectivity index (χ0n) is 10.0. The fourth-order valence-electron chi connectivity index (χ4n) is 2.48. The van der Waals surface area contributed by atoms with Crippen LogP contribution in [0.25, 0.3) is 0 Å². The quantitative estimate of drug-likeness (QED) is 0.858. The van der Waals surface area contributed by atoms with E-state index < -0.39 is 5.97 Å². The Morgan fingerprint density at radius 2 is 2.12 bits per heavy atom. The van der Waals surface area contributed by atoms with Gasteiger partial charge < -0.3 is 9.67 Å². The molecular formula is C13H17NO3. The van der Waals surface area contributed by atoms with Crippen molar-refractivity contribution in [2.24, 2.45) is 7.05 Å². The minimum atomic E-state index is -0.857. The van der Waals surface area contributed by atoms with E-state index in [4.69, 9.17) is 5.11 Å². The first-order chi connectivity index (χ1) is 8.09. The van der Waals surface area contributed by atoms with Crippen molar-refractivity contribution in [3.63, 3.8) is 0 Å². The van der Waals surface area contributed by atoms with Gasteiger partial charge in [-0.15, -0.1) is 0 Å². The molecule has 17 heavy (non-hydrogen) atoms. The van der Waals surface area contributed by atoms with Gasteiger partial charge in [-0.2, -0.15) is 0 Å². The number of pyridine rings is 1. The number of nitrogens with zero attached hydrogens (tertiary/aromatic N) is 1. The van der Waals surface area contributed by atoms with E-state index >= 15 is 0 Å². The number of carboxylic acid groups (broad SMARTS) is 1. The zero-order valence-corrected chi connectivity index (χ0v) is 10.0. The summed E-state index contributed by atoms with van der Waals surface area (Å²) in [6.07, 6.45) is 4.60. The molecule has 4 heteroatoms. The lowest BCUT2D eigenvalue weighted by Crippen LogP contribution is -2.27. The minimum Gasteiger partial charge on any atom is -0.481 e. The third-order valence-electron chi connectivity index (χ3n) is 3.42. The van der Waals surface area contributed by atoms with Crippen LogP contribution in [0.15, 0.2) is 10.9 Å². The summed E-state index contributed by atoms with van der Waals surface area (Å²) in [5.41, 5.74) is 2.95. The highest BCUT2D eigenvalue weighted by Crippen LogP contribution is 2.20. The predicted molar refractivity (Wildman–Crippen MR) is 64.3 cm³/mol. The third-order valence-corrected chi connectivity index (χ3v) is 3.42. The van der Waals surface area contributed by atoms with Crippen molar-refractivity contribution in [2.75, 3.05) is 0 Å². The van der Waals surface area contributed by atoms with Crippen molar-refractivity contribution in [1.82, 2.24) is 4.57 Å². The lowest BCUT2D eigenvalue weighted by atomic mass is 9.94. The Balaban J connectivity index is 2.37. The second kappa shape index (κ2) is 4.73. The Labute approximate surface area is 99.9 Å². The van der Waals surface area contributed by atoms with E-state index in [2.05, 4.69) is 0 Å². The minimum absolute atomic E-state index is 0.0219. The lowest BCUT2D eigenvalue weighted by Gasteiger charge is -2.20. The molecule has 0 saturated carbocycles. The molecule has 1 heterocycles. The van der Waals surface area contributed by atoms with Crippen molar-refractivity contribution in [2.45, 2.75) is 38.5 Å². The van der Waals surface area contributed by atoms with Gasteiger partial charge in [0.25, 0.3) is 5.56 Å². The molecule has 1 aliphatic carbocycles. The van der Waals surface area contributed by atoms with Crippen LogP contribution in [-0.2, 0) is 31.1 Å². The van der Waals surface area contributed by atoms with Crippen LogP contribution in [0.1, 0.15) is 36.1 Å². The number of aliphatic carboxylic acids is 1. The molecule has 0 spiro atoms. The summed E-state index contributed by atoms with van der Waals surface area (Å²) < 4.78 is 1.70. The fourth-order valence-corrected chi connectivity index (χ4v) is 2.48. The molecule has 0 bridgehead atoms. The first-order valence-electron chi connectivity index (χ1n) is 6.02. The topological polar surface area (TPSA) is 59.3 Å². The predicted octanol–water partition coefficient (Wildman–Crippen LogP) is 1.28. The molecular weight excluding hydrogens is 218 g/mol. The number of carbonyl (C=O) groups is 1. The van der Waals surface area contributed by atoms with Crippen LogP contribution in [0.4, 0.5) is 0 Å². The molecule has 0 aliphatic heterocycles. The van der Waals surface area contributed by atoms with E-state index in [-0.39, 0.29) is 12.0 Å². The van der Waals surface area contributed by atoms with E-state index in [1.165, 1.54) is 5.56 Å². The number of hydrogen-bond acceptors (Lipinski definition) is 2. The Hall–Kier alpha value is -1.58. The van der Waals surface area contributed by atoms with Gasteiger partial charge in [0.2, 0.25) is 0 Å². The number of aromatic nitrogens is 1. The maximum Gasteiger partial charge on any atom is 0.303 e. The van der Waals surface area contributed by atoms with E-state index in [1.54, 1.807) is 11.6 Å². The molecule has 1 N–H and O–H groups in total. The monoisotopic (exact) mass is 235 g/mol. The molecule has 92 valence electrons. The fraction of sp³-hybridized carbons (Fsp3) is 0.538. The normalized spacial score (nSPS) is 14.4. The Bertz CT molecular complexity index is 502. The number of aryl methyl sites for hydroxylation is 2. The smallest absolute Gasteiger partial charge is 0.303 e. The highest BCUT2D eigenvalue weighted by molar-refractivity contribution is 5.67. The molecule has 0 aromatic carbocycles. The largest absolute Gasteiger partial charge is 0.481 e. The maximum atomic E-state index is 12.0. The van der Waals surface area contributed by atoms with Gasteiger partial charge in [0, 0.05) is 24.7 Å². The number of rotatable bonds is 3. The molecule has 2 rings (SSSR count). The average molecular weight is 235 g/mol. The first kappa shape index (κ1) is 11.9. The van der Waals surface area contributed by atoms with Crippen molar-refractivity contribution < 1.29 is 9.90 Å². The van der Waals surface area contributed by atoms with Crippen LogP contribution in [0, 0.1) is 0 Å². The van der Waals surface area contributed by atoms with Gasteiger partial charge in [-0.25, -0.2) is 0 Å². The SMILES string of the molecule is Cn1c2c(cc(CCC(=O)O)c1=O)CCCC2. The highest BCUT2D eigenvalue weighted by atomic mass is 16.4. The Kier molecular flexibility index (Phi) is 3.31. The van der Waals surface area contributed by atoms with Crippen LogP contribution in [-0.4, -0.2) is 15.6 Å². The molecule has 0 unspecified atom stereocenters. The summed E-state index contributed by atoms with van der Waals surface area (Å²) in [6.45, 7) is 0. The number of hydrogen-bond donors (Lipinski definition) is 1. The number of fused-ring (bicyclic) bond motifs is 1. The third kappa shape index (κ3) is 2.40. The maximum absolute atomic E-state index is 12.0. The summed E-state index contributed by atoms with van der Waals surface area (Å²) in [5, 5.41) is 8.66. The van der Waals surface area contributed by atoms with E-state index in [0.717, 1.165) is 31.4 Å². The summed E-state index contributed by atoms with van der Waals surface area (Å²) in [4.78, 5) is 22.6. The van der Waals surface area contributed by atoms with E-state index in [9.17, 15) is 9.59 Å². The van der Waals surface area contributed by atoms with Crippen molar-refractivity contribution >= 4 is 5.97 Å². The molecule has 1 aromatic rings.